The van der Waals surface area contributed by atoms with Gasteiger partial charge in [0.2, 0.25) is 0 Å². The molecule has 1 aromatic rings. The van der Waals surface area contributed by atoms with Gasteiger partial charge in [0, 0.05) is 24.6 Å². The third-order valence-corrected chi connectivity index (χ3v) is 2.72. The van der Waals surface area contributed by atoms with E-state index in [1.54, 1.807) is 18.2 Å². The molecule has 0 unspecified atom stereocenters. The van der Waals surface area contributed by atoms with E-state index < -0.39 is 5.97 Å². The fourth-order valence-electron chi connectivity index (χ4n) is 1.64. The van der Waals surface area contributed by atoms with Crippen molar-refractivity contribution >= 4 is 11.9 Å². The number of amides is 1. The third kappa shape index (κ3) is 5.17. The second-order valence-electron chi connectivity index (χ2n) is 4.21. The molecule has 0 heterocycles. The van der Waals surface area contributed by atoms with Gasteiger partial charge in [-0.1, -0.05) is 0 Å². The summed E-state index contributed by atoms with van der Waals surface area (Å²) >= 11 is 0. The van der Waals surface area contributed by atoms with E-state index in [9.17, 15) is 9.59 Å². The molecular formula is C14H19NO5. The number of carboxylic acid groups (broad SMARTS) is 1. The highest BCUT2D eigenvalue weighted by Crippen LogP contribution is 2.22. The normalized spacial score (nSPS) is 9.90. The van der Waals surface area contributed by atoms with Crippen LogP contribution in [0.4, 0.5) is 0 Å². The lowest BCUT2D eigenvalue weighted by Crippen LogP contribution is -2.24. The first-order valence-corrected chi connectivity index (χ1v) is 6.30. The van der Waals surface area contributed by atoms with Crippen molar-refractivity contribution < 1.29 is 24.2 Å². The molecule has 0 radical (unpaired) electrons. The zero-order valence-electron chi connectivity index (χ0n) is 11.6. The molecule has 0 aliphatic carbocycles. The number of rotatable bonds is 8. The van der Waals surface area contributed by atoms with E-state index in [-0.39, 0.29) is 12.3 Å². The average Bonchev–Trinajstić information content (AvgIpc) is 2.45. The third-order valence-electron chi connectivity index (χ3n) is 2.72. The van der Waals surface area contributed by atoms with E-state index in [2.05, 4.69) is 5.32 Å². The second kappa shape index (κ2) is 8.04. The van der Waals surface area contributed by atoms with E-state index in [0.717, 1.165) is 0 Å². The maximum atomic E-state index is 11.9. The minimum atomic E-state index is -0.825. The van der Waals surface area contributed by atoms with Gasteiger partial charge in [0.1, 0.15) is 11.5 Å². The summed E-state index contributed by atoms with van der Waals surface area (Å²) in [5, 5.41) is 11.2. The van der Waals surface area contributed by atoms with Crippen LogP contribution in [0, 0.1) is 0 Å². The number of methoxy groups -OCH3 is 2. The van der Waals surface area contributed by atoms with E-state index in [1.165, 1.54) is 14.2 Å². The number of aliphatic carboxylic acids is 1. The van der Waals surface area contributed by atoms with Crippen LogP contribution in [0.3, 0.4) is 0 Å². The number of hydrogen-bond donors (Lipinski definition) is 2. The van der Waals surface area contributed by atoms with Crippen LogP contribution in [0.2, 0.25) is 0 Å². The van der Waals surface area contributed by atoms with Crippen LogP contribution in [0.1, 0.15) is 29.6 Å². The van der Waals surface area contributed by atoms with Crippen molar-refractivity contribution in [3.8, 4) is 11.5 Å². The Balaban J connectivity index is 2.52. The molecule has 0 atom stereocenters. The molecule has 0 saturated carbocycles. The summed E-state index contributed by atoms with van der Waals surface area (Å²) in [7, 11) is 3.03. The Morgan fingerprint density at radius 3 is 2.20 bits per heavy atom. The van der Waals surface area contributed by atoms with Gasteiger partial charge < -0.3 is 19.9 Å². The molecule has 20 heavy (non-hydrogen) atoms. The molecule has 0 spiro atoms. The molecule has 2 N–H and O–H groups in total. The molecule has 6 heteroatoms. The van der Waals surface area contributed by atoms with Gasteiger partial charge in [-0.3, -0.25) is 9.59 Å². The van der Waals surface area contributed by atoms with Gasteiger partial charge in [0.15, 0.2) is 0 Å². The molecule has 0 bridgehead atoms. The summed E-state index contributed by atoms with van der Waals surface area (Å²) in [6.07, 6.45) is 1.28. The summed E-state index contributed by atoms with van der Waals surface area (Å²) in [4.78, 5) is 22.3. The highest BCUT2D eigenvalue weighted by atomic mass is 16.5. The van der Waals surface area contributed by atoms with Crippen molar-refractivity contribution in [2.75, 3.05) is 20.8 Å². The first-order chi connectivity index (χ1) is 9.56. The molecule has 0 aliphatic heterocycles. The molecule has 0 fully saturated rings. The Morgan fingerprint density at radius 1 is 1.10 bits per heavy atom. The number of unbranched alkanes of at least 4 members (excludes halogenated alkanes) is 1. The monoisotopic (exact) mass is 281 g/mol. The van der Waals surface area contributed by atoms with Gasteiger partial charge in [-0.05, 0) is 25.0 Å². The number of hydrogen-bond acceptors (Lipinski definition) is 4. The van der Waals surface area contributed by atoms with E-state index >= 15 is 0 Å². The smallest absolute Gasteiger partial charge is 0.303 e. The lowest BCUT2D eigenvalue weighted by molar-refractivity contribution is -0.137. The predicted octanol–water partition coefficient (Wildman–Crippen LogP) is 1.69. The first-order valence-electron chi connectivity index (χ1n) is 6.30. The number of benzene rings is 1. The van der Waals surface area contributed by atoms with Crippen LogP contribution in [0.25, 0.3) is 0 Å². The van der Waals surface area contributed by atoms with Crippen LogP contribution in [0.5, 0.6) is 11.5 Å². The zero-order chi connectivity index (χ0) is 15.0. The van der Waals surface area contributed by atoms with E-state index in [4.69, 9.17) is 14.6 Å². The Hall–Kier alpha value is -2.24. The van der Waals surface area contributed by atoms with E-state index in [0.29, 0.717) is 36.4 Å². The summed E-state index contributed by atoms with van der Waals surface area (Å²) < 4.78 is 10.2. The van der Waals surface area contributed by atoms with Gasteiger partial charge in [0.25, 0.3) is 5.91 Å². The Bertz CT molecular complexity index is 450. The molecule has 0 aromatic heterocycles. The summed E-state index contributed by atoms with van der Waals surface area (Å²) in [5.41, 5.74) is 0.444. The SMILES string of the molecule is COc1cc(OC)cc(C(=O)NCCCCC(=O)O)c1. The molecule has 0 saturated heterocycles. The molecule has 1 aromatic carbocycles. The van der Waals surface area contributed by atoms with Gasteiger partial charge >= 0.3 is 5.97 Å². The number of carboxylic acids is 1. The molecular weight excluding hydrogens is 262 g/mol. The van der Waals surface area contributed by atoms with Crippen molar-refractivity contribution in [2.45, 2.75) is 19.3 Å². The fraction of sp³-hybridized carbons (Fsp3) is 0.429. The average molecular weight is 281 g/mol. The minimum absolute atomic E-state index is 0.114. The highest BCUT2D eigenvalue weighted by molar-refractivity contribution is 5.95. The van der Waals surface area contributed by atoms with Crippen LogP contribution < -0.4 is 14.8 Å². The lowest BCUT2D eigenvalue weighted by Gasteiger charge is -2.09. The number of nitrogens with one attached hydrogen (secondary N) is 1. The Labute approximate surface area is 117 Å². The molecule has 1 amide bonds. The Morgan fingerprint density at radius 2 is 1.70 bits per heavy atom. The summed E-state index contributed by atoms with van der Waals surface area (Å²) in [5.74, 6) is 0.0205. The zero-order valence-corrected chi connectivity index (χ0v) is 11.6. The van der Waals surface area contributed by atoms with Crippen LogP contribution >= 0.6 is 0 Å². The lowest BCUT2D eigenvalue weighted by atomic mass is 10.1. The minimum Gasteiger partial charge on any atom is -0.497 e. The van der Waals surface area contributed by atoms with Gasteiger partial charge in [0.05, 0.1) is 14.2 Å². The molecule has 0 aliphatic rings. The fourth-order valence-corrected chi connectivity index (χ4v) is 1.64. The number of carbonyl (C=O) groups is 2. The summed E-state index contributed by atoms with van der Waals surface area (Å²) in [6.45, 7) is 0.436. The molecule has 1 rings (SSSR count). The van der Waals surface area contributed by atoms with Gasteiger partial charge in [-0.15, -0.1) is 0 Å². The first kappa shape index (κ1) is 15.8. The standard InChI is InChI=1S/C14H19NO5/c1-19-11-7-10(8-12(9-11)20-2)14(18)15-6-4-3-5-13(16)17/h7-9H,3-6H2,1-2H3,(H,15,18)(H,16,17). The molecule has 110 valence electrons. The van der Waals surface area contributed by atoms with Crippen molar-refractivity contribution in [2.24, 2.45) is 0 Å². The second-order valence-corrected chi connectivity index (χ2v) is 4.21. The topological polar surface area (TPSA) is 84.9 Å². The van der Waals surface area contributed by atoms with Crippen LogP contribution in [-0.4, -0.2) is 37.7 Å². The maximum Gasteiger partial charge on any atom is 0.303 e. The van der Waals surface area contributed by atoms with Gasteiger partial charge in [-0.2, -0.15) is 0 Å². The van der Waals surface area contributed by atoms with Crippen molar-refractivity contribution in [3.05, 3.63) is 23.8 Å². The number of carbonyl (C=O) groups excluding carboxylic acids is 1. The Kier molecular flexibility index (Phi) is 6.36. The number of ether oxygens (including phenoxy) is 2. The predicted molar refractivity (Wildman–Crippen MR) is 73.4 cm³/mol. The van der Waals surface area contributed by atoms with Crippen LogP contribution in [0.15, 0.2) is 18.2 Å². The van der Waals surface area contributed by atoms with Crippen molar-refractivity contribution in [1.82, 2.24) is 5.32 Å². The van der Waals surface area contributed by atoms with Crippen molar-refractivity contribution in [3.63, 3.8) is 0 Å². The largest absolute Gasteiger partial charge is 0.497 e. The van der Waals surface area contributed by atoms with Crippen LogP contribution in [-0.2, 0) is 4.79 Å². The van der Waals surface area contributed by atoms with E-state index in [1.807, 2.05) is 0 Å². The highest BCUT2D eigenvalue weighted by Gasteiger charge is 2.09. The summed E-state index contributed by atoms with van der Waals surface area (Å²) in [6, 6.07) is 4.92. The quantitative estimate of drug-likeness (QED) is 0.708. The van der Waals surface area contributed by atoms with Crippen molar-refractivity contribution in [1.29, 1.82) is 0 Å². The maximum absolute atomic E-state index is 11.9. The molecule has 6 nitrogen and oxygen atoms in total. The van der Waals surface area contributed by atoms with Gasteiger partial charge in [-0.25, -0.2) is 0 Å².